The molecule has 0 heterocycles. The Morgan fingerprint density at radius 3 is 1.70 bits per heavy atom. The molecule has 0 amide bonds. The van der Waals surface area contributed by atoms with Crippen LogP contribution in [-0.2, 0) is 0 Å². The van der Waals surface area contributed by atoms with E-state index in [0.29, 0.717) is 11.8 Å². The van der Waals surface area contributed by atoms with Crippen molar-refractivity contribution < 1.29 is 4.92 Å². The van der Waals surface area contributed by atoms with Crippen LogP contribution in [0.2, 0.25) is 0 Å². The second-order valence-corrected chi connectivity index (χ2v) is 3.45. The molecule has 0 unspecified atom stereocenters. The molecule has 0 aromatic heterocycles. The Bertz CT molecular complexity index is 149. The number of nitrogens with zero attached hydrogens (tertiary/aromatic N) is 1. The highest BCUT2D eigenvalue weighted by molar-refractivity contribution is 4.91. The smallest absolute Gasteiger partial charge is 0.218 e. The summed E-state index contributed by atoms with van der Waals surface area (Å²) in [6.45, 7) is 0. The molecule has 0 N–H and O–H groups in total. The second kappa shape index (κ2) is 1.94. The summed E-state index contributed by atoms with van der Waals surface area (Å²) in [4.78, 5) is 10.4. The van der Waals surface area contributed by atoms with Gasteiger partial charge in [-0.3, -0.25) is 10.1 Å². The minimum atomic E-state index is -0.167. The highest BCUT2D eigenvalue weighted by atomic mass is 16.6. The summed E-state index contributed by atoms with van der Waals surface area (Å²) in [5.41, 5.74) is 0. The highest BCUT2D eigenvalue weighted by Gasteiger charge is 2.49. The van der Waals surface area contributed by atoms with Crippen LogP contribution >= 0.6 is 0 Å². The Hall–Kier alpha value is -0.600. The van der Waals surface area contributed by atoms with Crippen LogP contribution in [0.25, 0.3) is 0 Å². The van der Waals surface area contributed by atoms with E-state index in [-0.39, 0.29) is 11.0 Å². The van der Waals surface area contributed by atoms with E-state index >= 15 is 0 Å². The van der Waals surface area contributed by atoms with Crippen LogP contribution in [0.5, 0.6) is 0 Å². The zero-order valence-electron chi connectivity index (χ0n) is 5.82. The molecule has 0 atom stereocenters. The van der Waals surface area contributed by atoms with Crippen molar-refractivity contribution in [2.24, 2.45) is 11.8 Å². The van der Waals surface area contributed by atoms with Crippen molar-refractivity contribution in [2.45, 2.75) is 31.7 Å². The van der Waals surface area contributed by atoms with Crippen LogP contribution in [0.1, 0.15) is 25.7 Å². The molecular weight excluding hydrogens is 130 g/mol. The van der Waals surface area contributed by atoms with Gasteiger partial charge in [-0.25, -0.2) is 0 Å². The third-order valence-electron chi connectivity index (χ3n) is 3.03. The standard InChI is InChI=1S/C7H11NO2/c9-8(10)7-5-1-2-6(7)4-3-5/h5-7H,1-4H2. The van der Waals surface area contributed by atoms with Gasteiger partial charge in [0.15, 0.2) is 0 Å². The molecule has 2 aliphatic carbocycles. The lowest BCUT2D eigenvalue weighted by atomic mass is 10.0. The van der Waals surface area contributed by atoms with E-state index in [4.69, 9.17) is 0 Å². The lowest BCUT2D eigenvalue weighted by Gasteiger charge is -2.04. The first-order valence-corrected chi connectivity index (χ1v) is 3.92. The average Bonchev–Trinajstić information content (AvgIpc) is 2.43. The monoisotopic (exact) mass is 141 g/mol. The van der Waals surface area contributed by atoms with Crippen LogP contribution < -0.4 is 0 Å². The minimum Gasteiger partial charge on any atom is -0.264 e. The molecule has 2 fully saturated rings. The van der Waals surface area contributed by atoms with Gasteiger partial charge >= 0.3 is 0 Å². The Morgan fingerprint density at radius 1 is 1.10 bits per heavy atom. The summed E-state index contributed by atoms with van der Waals surface area (Å²) >= 11 is 0. The van der Waals surface area contributed by atoms with Crippen LogP contribution in [0.4, 0.5) is 0 Å². The summed E-state index contributed by atoms with van der Waals surface area (Å²) in [6.07, 6.45) is 4.43. The number of hydrogen-bond donors (Lipinski definition) is 0. The van der Waals surface area contributed by atoms with Gasteiger partial charge in [0.2, 0.25) is 6.04 Å². The first kappa shape index (κ1) is 6.13. The SMILES string of the molecule is O=[N+]([O-])C1C2CCC1CC2. The molecule has 10 heavy (non-hydrogen) atoms. The van der Waals surface area contributed by atoms with E-state index in [2.05, 4.69) is 0 Å². The normalized spacial score (nSPS) is 44.2. The summed E-state index contributed by atoms with van der Waals surface area (Å²) in [5, 5.41) is 10.5. The van der Waals surface area contributed by atoms with Crippen molar-refractivity contribution in [1.29, 1.82) is 0 Å². The predicted molar refractivity (Wildman–Crippen MR) is 36.2 cm³/mol. The maximum absolute atomic E-state index is 10.5. The highest BCUT2D eigenvalue weighted by Crippen LogP contribution is 2.45. The van der Waals surface area contributed by atoms with Gasteiger partial charge in [0, 0.05) is 16.8 Å². The summed E-state index contributed by atoms with van der Waals surface area (Å²) in [5.74, 6) is 0.861. The summed E-state index contributed by atoms with van der Waals surface area (Å²) in [7, 11) is 0. The fraction of sp³-hybridized carbons (Fsp3) is 1.00. The minimum absolute atomic E-state index is 0.0602. The van der Waals surface area contributed by atoms with Gasteiger partial charge < -0.3 is 0 Å². The zero-order chi connectivity index (χ0) is 7.14. The van der Waals surface area contributed by atoms with Crippen LogP contribution in [-0.4, -0.2) is 11.0 Å². The molecule has 2 saturated carbocycles. The molecule has 2 bridgehead atoms. The van der Waals surface area contributed by atoms with E-state index in [0.717, 1.165) is 25.7 Å². The Labute approximate surface area is 59.6 Å². The van der Waals surface area contributed by atoms with Crippen molar-refractivity contribution in [2.75, 3.05) is 0 Å². The number of rotatable bonds is 1. The molecule has 0 aromatic carbocycles. The van der Waals surface area contributed by atoms with E-state index in [1.165, 1.54) is 0 Å². The van der Waals surface area contributed by atoms with E-state index in [1.807, 2.05) is 0 Å². The first-order valence-electron chi connectivity index (χ1n) is 3.92. The van der Waals surface area contributed by atoms with Crippen molar-refractivity contribution in [3.8, 4) is 0 Å². The van der Waals surface area contributed by atoms with Crippen molar-refractivity contribution in [1.82, 2.24) is 0 Å². The Morgan fingerprint density at radius 2 is 1.50 bits per heavy atom. The molecule has 0 aromatic rings. The third-order valence-corrected chi connectivity index (χ3v) is 3.03. The van der Waals surface area contributed by atoms with E-state index < -0.39 is 0 Å². The van der Waals surface area contributed by atoms with Gasteiger partial charge in [0.25, 0.3) is 0 Å². The molecule has 2 rings (SSSR count). The third kappa shape index (κ3) is 0.662. The fourth-order valence-corrected chi connectivity index (χ4v) is 2.56. The van der Waals surface area contributed by atoms with Crippen molar-refractivity contribution in [3.05, 3.63) is 10.1 Å². The molecular formula is C7H11NO2. The van der Waals surface area contributed by atoms with Gasteiger partial charge in [-0.2, -0.15) is 0 Å². The topological polar surface area (TPSA) is 43.1 Å². The van der Waals surface area contributed by atoms with Crippen LogP contribution in [0, 0.1) is 22.0 Å². The Kier molecular flexibility index (Phi) is 1.19. The van der Waals surface area contributed by atoms with Crippen LogP contribution in [0.15, 0.2) is 0 Å². The lowest BCUT2D eigenvalue weighted by molar-refractivity contribution is -0.531. The molecule has 3 heteroatoms. The average molecular weight is 141 g/mol. The molecule has 0 aliphatic heterocycles. The molecule has 0 spiro atoms. The maximum atomic E-state index is 10.5. The molecule has 2 aliphatic rings. The number of hydrogen-bond acceptors (Lipinski definition) is 2. The van der Waals surface area contributed by atoms with Gasteiger partial charge in [0.1, 0.15) is 0 Å². The fourth-order valence-electron chi connectivity index (χ4n) is 2.56. The largest absolute Gasteiger partial charge is 0.264 e. The summed E-state index contributed by atoms with van der Waals surface area (Å²) in [6, 6.07) is -0.167. The summed E-state index contributed by atoms with van der Waals surface area (Å²) < 4.78 is 0. The number of fused-ring (bicyclic) bond motifs is 2. The van der Waals surface area contributed by atoms with E-state index in [9.17, 15) is 10.1 Å². The van der Waals surface area contributed by atoms with Gasteiger partial charge in [0.05, 0.1) is 0 Å². The maximum Gasteiger partial charge on any atom is 0.218 e. The van der Waals surface area contributed by atoms with E-state index in [1.54, 1.807) is 0 Å². The molecule has 56 valence electrons. The van der Waals surface area contributed by atoms with Gasteiger partial charge in [-0.1, -0.05) is 0 Å². The number of nitro groups is 1. The first-order chi connectivity index (χ1) is 4.79. The second-order valence-electron chi connectivity index (χ2n) is 3.45. The predicted octanol–water partition coefficient (Wildman–Crippen LogP) is 1.45. The van der Waals surface area contributed by atoms with Gasteiger partial charge in [-0.15, -0.1) is 0 Å². The van der Waals surface area contributed by atoms with Crippen molar-refractivity contribution >= 4 is 0 Å². The van der Waals surface area contributed by atoms with Crippen molar-refractivity contribution in [3.63, 3.8) is 0 Å². The molecule has 0 saturated heterocycles. The van der Waals surface area contributed by atoms with Crippen LogP contribution in [0.3, 0.4) is 0 Å². The molecule has 3 nitrogen and oxygen atoms in total. The quantitative estimate of drug-likeness (QED) is 0.409. The van der Waals surface area contributed by atoms with Gasteiger partial charge in [-0.05, 0) is 25.7 Å². The molecule has 0 radical (unpaired) electrons. The lowest BCUT2D eigenvalue weighted by Crippen LogP contribution is -2.23. The zero-order valence-corrected chi connectivity index (χ0v) is 5.82. The Balaban J connectivity index is 2.16.